The number of pyridine rings is 1. The van der Waals surface area contributed by atoms with Crippen LogP contribution in [0.2, 0.25) is 0 Å². The highest BCUT2D eigenvalue weighted by molar-refractivity contribution is 6.04. The fraction of sp³-hybridized carbons (Fsp3) is 0.333. The molecule has 1 fully saturated rings. The molecule has 2 aromatic heterocycles. The Morgan fingerprint density at radius 3 is 2.96 bits per heavy atom. The minimum absolute atomic E-state index is 0.0605. The van der Waals surface area contributed by atoms with E-state index in [-0.39, 0.29) is 11.7 Å². The zero-order valence-electron chi connectivity index (χ0n) is 12.7. The summed E-state index contributed by atoms with van der Waals surface area (Å²) in [5.41, 5.74) is 0.681. The van der Waals surface area contributed by atoms with E-state index in [2.05, 4.69) is 20.4 Å². The van der Waals surface area contributed by atoms with Gasteiger partial charge in [-0.25, -0.2) is 14.6 Å². The first-order chi connectivity index (χ1) is 11.6. The first-order valence-corrected chi connectivity index (χ1v) is 7.63. The number of rotatable bonds is 2. The Balaban J connectivity index is 1.75. The zero-order chi connectivity index (χ0) is 16.7. The number of hydrogen-bond donors (Lipinski definition) is 2. The molecular weight excluding hydrogens is 314 g/mol. The first kappa shape index (κ1) is 14.5. The number of carboxylic acid groups (broad SMARTS) is 1. The van der Waals surface area contributed by atoms with Crippen LogP contribution < -0.4 is 15.1 Å². The number of piperidine rings is 1. The van der Waals surface area contributed by atoms with Gasteiger partial charge in [-0.05, 0) is 25.0 Å². The van der Waals surface area contributed by atoms with Gasteiger partial charge in [-0.15, -0.1) is 0 Å². The second kappa shape index (κ2) is 5.52. The minimum Gasteiger partial charge on any atom is -0.477 e. The maximum atomic E-state index is 12.7. The topological polar surface area (TPSA) is 112 Å². The van der Waals surface area contributed by atoms with E-state index in [1.807, 2.05) is 0 Å². The molecule has 2 aromatic rings. The molecule has 1 saturated heterocycles. The second-order valence-corrected chi connectivity index (χ2v) is 5.77. The molecule has 4 rings (SSSR count). The average Bonchev–Trinajstić information content (AvgIpc) is 3.07. The van der Waals surface area contributed by atoms with E-state index in [4.69, 9.17) is 4.52 Å². The minimum atomic E-state index is -1.12. The van der Waals surface area contributed by atoms with Crippen LogP contribution in [0.3, 0.4) is 0 Å². The van der Waals surface area contributed by atoms with Crippen molar-refractivity contribution in [2.45, 2.75) is 18.9 Å². The fourth-order valence-electron chi connectivity index (χ4n) is 3.25. The molecular formula is C15H15N5O4. The normalized spacial score (nSPS) is 18.9. The smallest absolute Gasteiger partial charge is 0.354 e. The molecule has 124 valence electrons. The molecule has 0 radical (unpaired) electrons. The molecule has 0 spiro atoms. The maximum absolute atomic E-state index is 12.7. The SMILES string of the molecule is O=C(O)c1ccc2c(n1)N(C(=O)Nc1ccon1)[C@H]1CCCN2C1. The van der Waals surface area contributed by atoms with Crippen LogP contribution in [-0.4, -0.2) is 46.4 Å². The number of nitrogens with zero attached hydrogens (tertiary/aromatic N) is 4. The predicted molar refractivity (Wildman–Crippen MR) is 84.4 cm³/mol. The summed E-state index contributed by atoms with van der Waals surface area (Å²) in [5, 5.41) is 15.5. The summed E-state index contributed by atoms with van der Waals surface area (Å²) in [4.78, 5) is 31.9. The van der Waals surface area contributed by atoms with Gasteiger partial charge in [-0.1, -0.05) is 5.16 Å². The molecule has 4 heterocycles. The molecule has 2 N–H and O–H groups in total. The highest BCUT2D eigenvalue weighted by Crippen LogP contribution is 2.38. The van der Waals surface area contributed by atoms with Crippen LogP contribution in [0, 0.1) is 0 Å². The number of carbonyl (C=O) groups is 2. The van der Waals surface area contributed by atoms with Crippen LogP contribution >= 0.6 is 0 Å². The standard InChI is InChI=1S/C15H15N5O4/c21-14(22)10-3-4-11-13(16-10)20(9-2-1-6-19(11)8-9)15(23)17-12-5-7-24-18-12/h3-5,7,9H,1-2,6,8H2,(H,21,22)(H,17,18,23)/t9-/m0/s1. The monoisotopic (exact) mass is 329 g/mol. The Kier molecular flexibility index (Phi) is 3.33. The van der Waals surface area contributed by atoms with Crippen LogP contribution in [0.4, 0.5) is 22.1 Å². The molecule has 24 heavy (non-hydrogen) atoms. The molecule has 2 bridgehead atoms. The zero-order valence-corrected chi connectivity index (χ0v) is 12.7. The number of amides is 2. The molecule has 9 heteroatoms. The van der Waals surface area contributed by atoms with Crippen LogP contribution in [0.15, 0.2) is 29.0 Å². The second-order valence-electron chi connectivity index (χ2n) is 5.77. The largest absolute Gasteiger partial charge is 0.477 e. The van der Waals surface area contributed by atoms with Crippen molar-refractivity contribution in [3.63, 3.8) is 0 Å². The van der Waals surface area contributed by atoms with Crippen LogP contribution in [-0.2, 0) is 0 Å². The maximum Gasteiger partial charge on any atom is 0.354 e. The summed E-state index contributed by atoms with van der Waals surface area (Å²) < 4.78 is 4.72. The molecule has 2 aliphatic heterocycles. The van der Waals surface area contributed by atoms with Gasteiger partial charge in [-0.2, -0.15) is 0 Å². The molecule has 0 aliphatic carbocycles. The quantitative estimate of drug-likeness (QED) is 0.863. The third-order valence-electron chi connectivity index (χ3n) is 4.30. The van der Waals surface area contributed by atoms with Crippen molar-refractivity contribution < 1.29 is 19.2 Å². The predicted octanol–water partition coefficient (Wildman–Crippen LogP) is 1.79. The van der Waals surface area contributed by atoms with E-state index in [1.165, 1.54) is 23.3 Å². The highest BCUT2D eigenvalue weighted by atomic mass is 16.5. The highest BCUT2D eigenvalue weighted by Gasteiger charge is 2.38. The van der Waals surface area contributed by atoms with Crippen LogP contribution in [0.5, 0.6) is 0 Å². The number of nitrogens with one attached hydrogen (secondary N) is 1. The van der Waals surface area contributed by atoms with Crippen molar-refractivity contribution in [1.29, 1.82) is 0 Å². The molecule has 0 aromatic carbocycles. The summed E-state index contributed by atoms with van der Waals surface area (Å²) in [6.07, 6.45) is 3.16. The van der Waals surface area contributed by atoms with E-state index in [0.29, 0.717) is 18.2 Å². The number of hydrogen-bond acceptors (Lipinski definition) is 6. The lowest BCUT2D eigenvalue weighted by molar-refractivity contribution is 0.0690. The van der Waals surface area contributed by atoms with Crippen molar-refractivity contribution in [3.8, 4) is 0 Å². The van der Waals surface area contributed by atoms with Crippen molar-refractivity contribution in [2.75, 3.05) is 28.2 Å². The van der Waals surface area contributed by atoms with E-state index < -0.39 is 12.0 Å². The van der Waals surface area contributed by atoms with Crippen molar-refractivity contribution in [2.24, 2.45) is 0 Å². The number of aromatic carboxylic acids is 1. The lowest BCUT2D eigenvalue weighted by atomic mass is 10.00. The summed E-state index contributed by atoms with van der Waals surface area (Å²) in [5.74, 6) is -0.457. The van der Waals surface area contributed by atoms with E-state index >= 15 is 0 Å². The number of aromatic nitrogens is 2. The van der Waals surface area contributed by atoms with Gasteiger partial charge in [0.1, 0.15) is 6.26 Å². The summed E-state index contributed by atoms with van der Waals surface area (Å²) in [6, 6.07) is 4.26. The van der Waals surface area contributed by atoms with Crippen LogP contribution in [0.1, 0.15) is 23.3 Å². The lowest BCUT2D eigenvalue weighted by Crippen LogP contribution is -2.56. The third kappa shape index (κ3) is 2.34. The van der Waals surface area contributed by atoms with Crippen molar-refractivity contribution in [3.05, 3.63) is 30.2 Å². The molecule has 9 nitrogen and oxygen atoms in total. The van der Waals surface area contributed by atoms with Gasteiger partial charge < -0.3 is 14.5 Å². The van der Waals surface area contributed by atoms with Crippen molar-refractivity contribution in [1.82, 2.24) is 10.1 Å². The number of anilines is 3. The summed E-state index contributed by atoms with van der Waals surface area (Å²) in [6.45, 7) is 1.57. The Morgan fingerprint density at radius 1 is 1.33 bits per heavy atom. The van der Waals surface area contributed by atoms with Gasteiger partial charge in [0.2, 0.25) is 0 Å². The van der Waals surface area contributed by atoms with Gasteiger partial charge in [0.05, 0.1) is 11.7 Å². The van der Waals surface area contributed by atoms with E-state index in [1.54, 1.807) is 6.07 Å². The number of carboxylic acids is 1. The van der Waals surface area contributed by atoms with Gasteiger partial charge in [0.15, 0.2) is 17.3 Å². The van der Waals surface area contributed by atoms with E-state index in [0.717, 1.165) is 25.1 Å². The van der Waals surface area contributed by atoms with Gasteiger partial charge in [0.25, 0.3) is 0 Å². The Morgan fingerprint density at radius 2 is 2.21 bits per heavy atom. The van der Waals surface area contributed by atoms with Crippen LogP contribution in [0.25, 0.3) is 0 Å². The Hall–Kier alpha value is -3.10. The molecule has 2 aliphatic rings. The van der Waals surface area contributed by atoms with Gasteiger partial charge >= 0.3 is 12.0 Å². The number of urea groups is 1. The van der Waals surface area contributed by atoms with Gasteiger partial charge in [-0.3, -0.25) is 10.2 Å². The lowest BCUT2D eigenvalue weighted by Gasteiger charge is -2.45. The molecule has 0 saturated carbocycles. The molecule has 0 unspecified atom stereocenters. The summed E-state index contributed by atoms with van der Waals surface area (Å²) in [7, 11) is 0. The molecule has 2 amide bonds. The van der Waals surface area contributed by atoms with E-state index in [9.17, 15) is 14.7 Å². The Bertz CT molecular complexity index is 791. The Labute approximate surface area is 136 Å². The average molecular weight is 329 g/mol. The van der Waals surface area contributed by atoms with Crippen molar-refractivity contribution >= 4 is 29.3 Å². The fourth-order valence-corrected chi connectivity index (χ4v) is 3.25. The third-order valence-corrected chi connectivity index (χ3v) is 4.30. The van der Waals surface area contributed by atoms with Gasteiger partial charge in [0, 0.05) is 19.2 Å². The summed E-state index contributed by atoms with van der Waals surface area (Å²) >= 11 is 0. The first-order valence-electron chi connectivity index (χ1n) is 7.63. The number of fused-ring (bicyclic) bond motifs is 4. The number of carbonyl (C=O) groups excluding carboxylic acids is 1. The molecule has 1 atom stereocenters.